The van der Waals surface area contributed by atoms with Crippen LogP contribution >= 0.6 is 12.2 Å². The molecular formula is C13H12N2S. The average Bonchev–Trinajstić information content (AvgIpc) is 2.31. The highest BCUT2D eigenvalue weighted by Gasteiger charge is 2.17. The third kappa shape index (κ3) is 2.25. The predicted molar refractivity (Wildman–Crippen MR) is 69.3 cm³/mol. The van der Waals surface area contributed by atoms with E-state index in [-0.39, 0.29) is 5.92 Å². The van der Waals surface area contributed by atoms with Gasteiger partial charge in [-0.25, -0.2) is 0 Å². The van der Waals surface area contributed by atoms with Crippen LogP contribution in [0.4, 0.5) is 0 Å². The smallest absolute Gasteiger partial charge is 0.0864 e. The van der Waals surface area contributed by atoms with Crippen molar-refractivity contribution in [1.82, 2.24) is 4.98 Å². The van der Waals surface area contributed by atoms with E-state index in [0.717, 1.165) is 11.3 Å². The van der Waals surface area contributed by atoms with E-state index in [4.69, 9.17) is 18.0 Å². The molecule has 0 saturated heterocycles. The molecule has 3 heteroatoms. The Hall–Kier alpha value is -1.74. The highest BCUT2D eigenvalue weighted by Crippen LogP contribution is 2.22. The summed E-state index contributed by atoms with van der Waals surface area (Å²) in [6.45, 7) is 0. The van der Waals surface area contributed by atoms with Crippen molar-refractivity contribution >= 4 is 17.2 Å². The van der Waals surface area contributed by atoms with Crippen molar-refractivity contribution in [2.45, 2.75) is 5.92 Å². The topological polar surface area (TPSA) is 38.9 Å². The van der Waals surface area contributed by atoms with Gasteiger partial charge in [-0.15, -0.1) is 0 Å². The summed E-state index contributed by atoms with van der Waals surface area (Å²) in [4.78, 5) is 4.76. The van der Waals surface area contributed by atoms with E-state index in [2.05, 4.69) is 4.98 Å². The Kier molecular flexibility index (Phi) is 3.27. The summed E-state index contributed by atoms with van der Waals surface area (Å²) in [6, 6.07) is 15.7. The molecule has 0 aliphatic carbocycles. The lowest BCUT2D eigenvalue weighted by atomic mass is 9.95. The van der Waals surface area contributed by atoms with Crippen LogP contribution in [0.25, 0.3) is 0 Å². The standard InChI is InChI=1S/C13H12N2S/c14-13(16)12(10-6-2-1-3-7-10)11-8-4-5-9-15-11/h1-9,12H,(H2,14,16)/t12-/m0/s1. The fourth-order valence-electron chi connectivity index (χ4n) is 1.67. The Bertz CT molecular complexity index is 428. The molecule has 2 rings (SSSR count). The molecule has 0 unspecified atom stereocenters. The van der Waals surface area contributed by atoms with Crippen molar-refractivity contribution in [3.63, 3.8) is 0 Å². The van der Waals surface area contributed by atoms with Crippen LogP contribution in [0, 0.1) is 0 Å². The highest BCUT2D eigenvalue weighted by atomic mass is 32.1. The van der Waals surface area contributed by atoms with Crippen LogP contribution in [-0.2, 0) is 0 Å². The summed E-state index contributed by atoms with van der Waals surface area (Å²) in [5.41, 5.74) is 7.76. The van der Waals surface area contributed by atoms with E-state index in [1.54, 1.807) is 6.20 Å². The van der Waals surface area contributed by atoms with E-state index in [9.17, 15) is 0 Å². The molecule has 0 amide bonds. The summed E-state index contributed by atoms with van der Waals surface area (Å²) in [5, 5.41) is 0. The molecule has 2 N–H and O–H groups in total. The molecule has 16 heavy (non-hydrogen) atoms. The molecule has 0 saturated carbocycles. The summed E-state index contributed by atoms with van der Waals surface area (Å²) >= 11 is 5.12. The molecule has 1 aromatic carbocycles. The van der Waals surface area contributed by atoms with Crippen LogP contribution in [0.15, 0.2) is 54.7 Å². The van der Waals surface area contributed by atoms with Crippen molar-refractivity contribution in [2.75, 3.05) is 0 Å². The maximum Gasteiger partial charge on any atom is 0.0864 e. The van der Waals surface area contributed by atoms with Crippen LogP contribution in [0.1, 0.15) is 17.2 Å². The van der Waals surface area contributed by atoms with Gasteiger partial charge in [0.25, 0.3) is 0 Å². The number of benzene rings is 1. The maximum atomic E-state index is 5.79. The minimum absolute atomic E-state index is 0.0996. The Morgan fingerprint density at radius 1 is 1.06 bits per heavy atom. The third-order valence-electron chi connectivity index (χ3n) is 2.40. The summed E-state index contributed by atoms with van der Waals surface area (Å²) in [7, 11) is 0. The van der Waals surface area contributed by atoms with Crippen molar-refractivity contribution in [1.29, 1.82) is 0 Å². The molecule has 0 aliphatic rings. The molecule has 80 valence electrons. The molecule has 0 radical (unpaired) electrons. The molecular weight excluding hydrogens is 216 g/mol. The zero-order chi connectivity index (χ0) is 11.4. The minimum Gasteiger partial charge on any atom is -0.392 e. The van der Waals surface area contributed by atoms with Crippen molar-refractivity contribution in [3.8, 4) is 0 Å². The van der Waals surface area contributed by atoms with Crippen LogP contribution in [0.2, 0.25) is 0 Å². The van der Waals surface area contributed by atoms with E-state index in [0.29, 0.717) is 4.99 Å². The molecule has 2 aromatic rings. The second kappa shape index (κ2) is 4.86. The average molecular weight is 228 g/mol. The molecule has 1 aromatic heterocycles. The molecule has 1 heterocycles. The second-order valence-electron chi connectivity index (χ2n) is 3.50. The number of nitrogens with two attached hydrogens (primary N) is 1. The largest absolute Gasteiger partial charge is 0.392 e. The Labute approximate surface area is 100 Å². The van der Waals surface area contributed by atoms with E-state index < -0.39 is 0 Å². The molecule has 0 fully saturated rings. The Morgan fingerprint density at radius 2 is 1.75 bits per heavy atom. The van der Waals surface area contributed by atoms with Crippen LogP contribution in [0.5, 0.6) is 0 Å². The zero-order valence-corrected chi connectivity index (χ0v) is 9.52. The van der Waals surface area contributed by atoms with Gasteiger partial charge in [0.1, 0.15) is 0 Å². The fourth-order valence-corrected chi connectivity index (χ4v) is 1.93. The van der Waals surface area contributed by atoms with Crippen molar-refractivity contribution < 1.29 is 0 Å². The molecule has 1 atom stereocenters. The van der Waals surface area contributed by atoms with E-state index in [1.807, 2.05) is 48.5 Å². The summed E-state index contributed by atoms with van der Waals surface area (Å²) < 4.78 is 0. The lowest BCUT2D eigenvalue weighted by Gasteiger charge is -2.15. The van der Waals surface area contributed by atoms with Gasteiger partial charge in [0.2, 0.25) is 0 Å². The van der Waals surface area contributed by atoms with E-state index in [1.165, 1.54) is 0 Å². The Balaban J connectivity index is 2.44. The SMILES string of the molecule is NC(=S)[C@@H](c1ccccc1)c1ccccn1. The van der Waals surface area contributed by atoms with Crippen molar-refractivity contribution in [2.24, 2.45) is 5.73 Å². The Morgan fingerprint density at radius 3 is 2.31 bits per heavy atom. The number of pyridine rings is 1. The normalized spacial score (nSPS) is 12.0. The fraction of sp³-hybridized carbons (Fsp3) is 0.0769. The van der Waals surface area contributed by atoms with Gasteiger partial charge < -0.3 is 5.73 Å². The molecule has 0 bridgehead atoms. The number of hydrogen-bond donors (Lipinski definition) is 1. The number of thiocarbonyl (C=S) groups is 1. The zero-order valence-electron chi connectivity index (χ0n) is 8.71. The van der Waals surface area contributed by atoms with Crippen LogP contribution in [-0.4, -0.2) is 9.97 Å². The van der Waals surface area contributed by atoms with Gasteiger partial charge in [0.15, 0.2) is 0 Å². The first-order valence-corrected chi connectivity index (χ1v) is 5.45. The molecule has 0 spiro atoms. The van der Waals surface area contributed by atoms with Crippen LogP contribution < -0.4 is 5.73 Å². The van der Waals surface area contributed by atoms with Crippen LogP contribution in [0.3, 0.4) is 0 Å². The van der Waals surface area contributed by atoms with Gasteiger partial charge in [0, 0.05) is 6.20 Å². The molecule has 0 aliphatic heterocycles. The number of rotatable bonds is 3. The number of nitrogens with zero attached hydrogens (tertiary/aromatic N) is 1. The lowest BCUT2D eigenvalue weighted by Crippen LogP contribution is -2.21. The predicted octanol–water partition coefficient (Wildman–Crippen LogP) is 2.50. The van der Waals surface area contributed by atoms with Gasteiger partial charge in [-0.2, -0.15) is 0 Å². The maximum absolute atomic E-state index is 5.79. The van der Waals surface area contributed by atoms with Gasteiger partial charge in [-0.05, 0) is 17.7 Å². The van der Waals surface area contributed by atoms with Gasteiger partial charge >= 0.3 is 0 Å². The van der Waals surface area contributed by atoms with Gasteiger partial charge in [0.05, 0.1) is 16.6 Å². The summed E-state index contributed by atoms with van der Waals surface area (Å²) in [6.07, 6.45) is 1.75. The first-order chi connectivity index (χ1) is 7.79. The minimum atomic E-state index is -0.0996. The lowest BCUT2D eigenvalue weighted by molar-refractivity contribution is 0.999. The van der Waals surface area contributed by atoms with Crippen molar-refractivity contribution in [3.05, 3.63) is 66.0 Å². The third-order valence-corrected chi connectivity index (χ3v) is 2.64. The number of hydrogen-bond acceptors (Lipinski definition) is 2. The van der Waals surface area contributed by atoms with E-state index >= 15 is 0 Å². The second-order valence-corrected chi connectivity index (χ2v) is 3.97. The number of aromatic nitrogens is 1. The quantitative estimate of drug-likeness (QED) is 0.820. The molecule has 2 nitrogen and oxygen atoms in total. The monoisotopic (exact) mass is 228 g/mol. The highest BCUT2D eigenvalue weighted by molar-refractivity contribution is 7.80. The van der Waals surface area contributed by atoms with Gasteiger partial charge in [-0.1, -0.05) is 48.6 Å². The van der Waals surface area contributed by atoms with Gasteiger partial charge in [-0.3, -0.25) is 4.98 Å². The first kappa shape index (κ1) is 10.8. The summed E-state index contributed by atoms with van der Waals surface area (Å²) in [5.74, 6) is -0.0996. The first-order valence-electron chi connectivity index (χ1n) is 5.04.